The highest BCUT2D eigenvalue weighted by molar-refractivity contribution is 5.79. The lowest BCUT2D eigenvalue weighted by Gasteiger charge is -2.21. The van der Waals surface area contributed by atoms with Gasteiger partial charge < -0.3 is 24.8 Å². The lowest BCUT2D eigenvalue weighted by atomic mass is 9.90. The molecule has 2 N–H and O–H groups in total. The van der Waals surface area contributed by atoms with Gasteiger partial charge in [0.25, 0.3) is 0 Å². The molecule has 7 nitrogen and oxygen atoms in total. The average Bonchev–Trinajstić information content (AvgIpc) is 3.24. The number of amides is 2. The van der Waals surface area contributed by atoms with Crippen LogP contribution in [0.1, 0.15) is 30.9 Å². The second-order valence-corrected chi connectivity index (χ2v) is 7.41. The van der Waals surface area contributed by atoms with Crippen molar-refractivity contribution in [2.75, 3.05) is 26.3 Å². The van der Waals surface area contributed by atoms with Crippen molar-refractivity contribution in [1.29, 1.82) is 0 Å². The van der Waals surface area contributed by atoms with Crippen molar-refractivity contribution in [3.63, 3.8) is 0 Å². The van der Waals surface area contributed by atoms with Crippen LogP contribution in [0.25, 0.3) is 0 Å². The van der Waals surface area contributed by atoms with E-state index in [0.29, 0.717) is 32.7 Å². The summed E-state index contributed by atoms with van der Waals surface area (Å²) in [7, 11) is 0. The molecule has 1 aromatic carbocycles. The number of likely N-dealkylation sites (tertiary alicyclic amines) is 1. The zero-order valence-corrected chi connectivity index (χ0v) is 15.3. The van der Waals surface area contributed by atoms with E-state index < -0.39 is 11.4 Å². The molecule has 3 rings (SSSR count). The molecule has 7 heteroatoms. The first-order valence-electron chi connectivity index (χ1n) is 8.97. The van der Waals surface area contributed by atoms with E-state index in [2.05, 4.69) is 5.32 Å². The second-order valence-electron chi connectivity index (χ2n) is 7.41. The quantitative estimate of drug-likeness (QED) is 0.838. The number of carboxylic acids is 1. The van der Waals surface area contributed by atoms with Crippen molar-refractivity contribution in [3.05, 3.63) is 29.3 Å². The number of hydrogen-bond donors (Lipinski definition) is 2. The molecule has 0 spiro atoms. The van der Waals surface area contributed by atoms with Crippen LogP contribution in [-0.2, 0) is 16.1 Å². The van der Waals surface area contributed by atoms with Gasteiger partial charge >= 0.3 is 12.0 Å². The zero-order valence-electron chi connectivity index (χ0n) is 15.3. The standard InChI is InChI=1S/C19H26N2O5/c1-13-3-4-14(16(9-13)26-15-5-8-25-11-15)10-20-18(24)21-7-6-19(2,12-21)17(22)23/h3-4,9,15H,5-8,10-12H2,1-2H3,(H,20,24)(H,22,23). The number of urea groups is 1. The third-order valence-corrected chi connectivity index (χ3v) is 5.11. The van der Waals surface area contributed by atoms with Crippen LogP contribution in [0, 0.1) is 12.3 Å². The molecule has 0 bridgehead atoms. The number of nitrogens with zero attached hydrogens (tertiary/aromatic N) is 1. The zero-order chi connectivity index (χ0) is 18.7. The van der Waals surface area contributed by atoms with Gasteiger partial charge in [-0.2, -0.15) is 0 Å². The second kappa shape index (κ2) is 7.53. The molecular formula is C19H26N2O5. The van der Waals surface area contributed by atoms with Gasteiger partial charge in [0.2, 0.25) is 0 Å². The molecular weight excluding hydrogens is 336 g/mol. The van der Waals surface area contributed by atoms with Crippen LogP contribution < -0.4 is 10.1 Å². The van der Waals surface area contributed by atoms with Crippen molar-refractivity contribution < 1.29 is 24.2 Å². The molecule has 2 saturated heterocycles. The fourth-order valence-corrected chi connectivity index (χ4v) is 3.29. The number of carbonyl (C=O) groups excluding carboxylic acids is 1. The number of benzene rings is 1. The molecule has 2 fully saturated rings. The molecule has 2 amide bonds. The number of carboxylic acid groups (broad SMARTS) is 1. The molecule has 0 aromatic heterocycles. The number of hydrogen-bond acceptors (Lipinski definition) is 4. The van der Waals surface area contributed by atoms with Gasteiger partial charge in [0.1, 0.15) is 11.9 Å². The van der Waals surface area contributed by atoms with Gasteiger partial charge in [0, 0.05) is 31.6 Å². The Morgan fingerprint density at radius 1 is 1.46 bits per heavy atom. The van der Waals surface area contributed by atoms with Crippen LogP contribution in [0.3, 0.4) is 0 Å². The lowest BCUT2D eigenvalue weighted by Crippen LogP contribution is -2.40. The van der Waals surface area contributed by atoms with E-state index >= 15 is 0 Å². The summed E-state index contributed by atoms with van der Waals surface area (Å²) in [5.41, 5.74) is 1.12. The molecule has 2 aliphatic heterocycles. The average molecular weight is 362 g/mol. The van der Waals surface area contributed by atoms with Crippen LogP contribution >= 0.6 is 0 Å². The van der Waals surface area contributed by atoms with Crippen molar-refractivity contribution in [2.24, 2.45) is 5.41 Å². The van der Waals surface area contributed by atoms with Crippen LogP contribution in [0.2, 0.25) is 0 Å². The van der Waals surface area contributed by atoms with Gasteiger partial charge in [-0.05, 0) is 31.9 Å². The van der Waals surface area contributed by atoms with Gasteiger partial charge in [-0.3, -0.25) is 4.79 Å². The summed E-state index contributed by atoms with van der Waals surface area (Å²) in [5, 5.41) is 12.2. The minimum Gasteiger partial charge on any atom is -0.488 e. The first kappa shape index (κ1) is 18.5. The van der Waals surface area contributed by atoms with Crippen molar-refractivity contribution in [2.45, 2.75) is 39.3 Å². The summed E-state index contributed by atoms with van der Waals surface area (Å²) in [5.74, 6) is -0.0987. The largest absolute Gasteiger partial charge is 0.488 e. The van der Waals surface area contributed by atoms with Crippen LogP contribution in [-0.4, -0.2) is 54.4 Å². The number of aliphatic carboxylic acids is 1. The maximum atomic E-state index is 12.4. The summed E-state index contributed by atoms with van der Waals surface area (Å²) < 4.78 is 11.4. The maximum absolute atomic E-state index is 12.4. The van der Waals surface area contributed by atoms with Crippen LogP contribution in [0.5, 0.6) is 5.75 Å². The third-order valence-electron chi connectivity index (χ3n) is 5.11. The Labute approximate surface area is 153 Å². The number of ether oxygens (including phenoxy) is 2. The number of aryl methyl sites for hydroxylation is 1. The summed E-state index contributed by atoms with van der Waals surface area (Å²) in [6, 6.07) is 5.66. The molecule has 26 heavy (non-hydrogen) atoms. The smallest absolute Gasteiger partial charge is 0.317 e. The minimum atomic E-state index is -0.863. The monoisotopic (exact) mass is 362 g/mol. The van der Waals surface area contributed by atoms with Crippen molar-refractivity contribution in [3.8, 4) is 5.75 Å². The fourth-order valence-electron chi connectivity index (χ4n) is 3.29. The van der Waals surface area contributed by atoms with Gasteiger partial charge in [-0.25, -0.2) is 4.79 Å². The van der Waals surface area contributed by atoms with E-state index in [9.17, 15) is 14.7 Å². The van der Waals surface area contributed by atoms with Crippen molar-refractivity contribution >= 4 is 12.0 Å². The summed E-state index contributed by atoms with van der Waals surface area (Å²) in [4.78, 5) is 25.3. The van der Waals surface area contributed by atoms with Gasteiger partial charge in [0.15, 0.2) is 0 Å². The normalized spacial score (nSPS) is 25.3. The minimum absolute atomic E-state index is 0.0427. The van der Waals surface area contributed by atoms with Crippen LogP contribution in [0.15, 0.2) is 18.2 Å². The predicted molar refractivity (Wildman–Crippen MR) is 95.2 cm³/mol. The molecule has 2 aliphatic rings. The Morgan fingerprint density at radius 2 is 2.27 bits per heavy atom. The van der Waals surface area contributed by atoms with E-state index in [4.69, 9.17) is 9.47 Å². The first-order valence-corrected chi connectivity index (χ1v) is 8.97. The van der Waals surface area contributed by atoms with Gasteiger partial charge in [-0.15, -0.1) is 0 Å². The van der Waals surface area contributed by atoms with E-state index in [-0.39, 0.29) is 18.7 Å². The van der Waals surface area contributed by atoms with Gasteiger partial charge in [0.05, 0.1) is 18.6 Å². The van der Waals surface area contributed by atoms with E-state index in [1.807, 2.05) is 25.1 Å². The number of nitrogens with one attached hydrogen (secondary N) is 1. The molecule has 142 valence electrons. The van der Waals surface area contributed by atoms with E-state index in [1.165, 1.54) is 0 Å². The number of carbonyl (C=O) groups is 2. The fraction of sp³-hybridized carbons (Fsp3) is 0.579. The SMILES string of the molecule is Cc1ccc(CNC(=O)N2CCC(C)(C(=O)O)C2)c(OC2CCOC2)c1. The van der Waals surface area contributed by atoms with Gasteiger partial charge in [-0.1, -0.05) is 12.1 Å². The van der Waals surface area contributed by atoms with E-state index in [0.717, 1.165) is 23.3 Å². The Morgan fingerprint density at radius 3 is 2.92 bits per heavy atom. The van der Waals surface area contributed by atoms with Crippen LogP contribution in [0.4, 0.5) is 4.79 Å². The van der Waals surface area contributed by atoms with Crippen molar-refractivity contribution in [1.82, 2.24) is 10.2 Å². The predicted octanol–water partition coefficient (Wildman–Crippen LogP) is 2.17. The molecule has 1 aromatic rings. The molecule has 0 aliphatic carbocycles. The number of rotatable bonds is 5. The molecule has 0 saturated carbocycles. The Hall–Kier alpha value is -2.28. The summed E-state index contributed by atoms with van der Waals surface area (Å²) in [6.07, 6.45) is 1.37. The Balaban J connectivity index is 1.60. The first-order chi connectivity index (χ1) is 12.4. The molecule has 2 unspecified atom stereocenters. The third kappa shape index (κ3) is 4.09. The highest BCUT2D eigenvalue weighted by Gasteiger charge is 2.42. The maximum Gasteiger partial charge on any atom is 0.317 e. The molecule has 2 atom stereocenters. The lowest BCUT2D eigenvalue weighted by molar-refractivity contribution is -0.147. The molecule has 2 heterocycles. The Kier molecular flexibility index (Phi) is 5.36. The summed E-state index contributed by atoms with van der Waals surface area (Å²) >= 11 is 0. The highest BCUT2D eigenvalue weighted by atomic mass is 16.5. The highest BCUT2D eigenvalue weighted by Crippen LogP contribution is 2.30. The summed E-state index contributed by atoms with van der Waals surface area (Å²) in [6.45, 7) is 5.98. The van der Waals surface area contributed by atoms with E-state index in [1.54, 1.807) is 11.8 Å². The Bertz CT molecular complexity index is 687. The topological polar surface area (TPSA) is 88.1 Å². The molecule has 0 radical (unpaired) electrons.